The lowest BCUT2D eigenvalue weighted by Gasteiger charge is -2.59. The second kappa shape index (κ2) is 12.7. The quantitative estimate of drug-likeness (QED) is 0.154. The van der Waals surface area contributed by atoms with Crippen molar-refractivity contribution in [2.75, 3.05) is 13.2 Å². The molecule has 0 unspecified atom stereocenters. The van der Waals surface area contributed by atoms with Gasteiger partial charge in [0.2, 0.25) is 0 Å². The van der Waals surface area contributed by atoms with Crippen molar-refractivity contribution in [1.82, 2.24) is 0 Å². The van der Waals surface area contributed by atoms with Crippen LogP contribution in [0.2, 0.25) is 0 Å². The third-order valence-electron chi connectivity index (χ3n) is 9.47. The predicted octanol–water partition coefficient (Wildman–Crippen LogP) is 5.65. The fourth-order valence-corrected chi connectivity index (χ4v) is 7.09. The molecule has 6 nitrogen and oxygen atoms in total. The van der Waals surface area contributed by atoms with Crippen molar-refractivity contribution in [3.63, 3.8) is 0 Å². The molecule has 3 fully saturated rings. The Kier molecular flexibility index (Phi) is 10.2. The molecule has 204 valence electrons. The highest BCUT2D eigenvalue weighted by Gasteiger charge is 2.57. The van der Waals surface area contributed by atoms with Gasteiger partial charge < -0.3 is 19.7 Å². The third kappa shape index (κ3) is 6.24. The lowest BCUT2D eigenvalue weighted by molar-refractivity contribution is -0.151. The van der Waals surface area contributed by atoms with Crippen LogP contribution in [0.25, 0.3) is 0 Å². The summed E-state index contributed by atoms with van der Waals surface area (Å²) in [6.07, 6.45) is 12.9. The molecular weight excluding hydrogens is 456 g/mol. The molecule has 0 aromatic heterocycles. The number of hydrogen-bond donors (Lipinski definition) is 2. The summed E-state index contributed by atoms with van der Waals surface area (Å²) in [5.74, 6) is -0.392. The number of unbranched alkanes of at least 4 members (excludes halogenated alkanes) is 6. The van der Waals surface area contributed by atoms with Gasteiger partial charge in [0, 0.05) is 11.8 Å². The van der Waals surface area contributed by atoms with Crippen LogP contribution in [0.4, 0.5) is 0 Å². The number of esters is 2. The Labute approximate surface area is 217 Å². The van der Waals surface area contributed by atoms with Gasteiger partial charge in [0.15, 0.2) is 6.10 Å². The Morgan fingerprint density at radius 1 is 1.17 bits per heavy atom. The zero-order valence-corrected chi connectivity index (χ0v) is 22.7. The maximum atomic E-state index is 12.5. The molecule has 6 heteroatoms. The fraction of sp³-hybridized carbons (Fsp3) is 0.800. The monoisotopic (exact) mass is 504 g/mol. The highest BCUT2D eigenvalue weighted by Crippen LogP contribution is 2.61. The van der Waals surface area contributed by atoms with E-state index in [1.54, 1.807) is 0 Å². The highest BCUT2D eigenvalue weighted by atomic mass is 16.6. The maximum absolute atomic E-state index is 12.5. The molecule has 0 amide bonds. The summed E-state index contributed by atoms with van der Waals surface area (Å²) in [5.41, 5.74) is 0.914. The first-order valence-corrected chi connectivity index (χ1v) is 14.2. The van der Waals surface area contributed by atoms with Crippen molar-refractivity contribution >= 4 is 11.9 Å². The molecule has 36 heavy (non-hydrogen) atoms. The maximum Gasteiger partial charge on any atom is 0.337 e. The summed E-state index contributed by atoms with van der Waals surface area (Å²) < 4.78 is 10.9. The minimum Gasteiger partial charge on any atom is -0.458 e. The normalized spacial score (nSPS) is 35.5. The van der Waals surface area contributed by atoms with Crippen molar-refractivity contribution in [2.24, 2.45) is 22.7 Å². The zero-order chi connectivity index (χ0) is 26.3. The molecule has 1 heterocycles. The van der Waals surface area contributed by atoms with Gasteiger partial charge in [0.05, 0.1) is 18.3 Å². The van der Waals surface area contributed by atoms with Crippen molar-refractivity contribution in [2.45, 2.75) is 116 Å². The first-order chi connectivity index (χ1) is 17.2. The average molecular weight is 505 g/mol. The summed E-state index contributed by atoms with van der Waals surface area (Å²) >= 11 is 0. The second-order valence-corrected chi connectivity index (χ2v) is 11.9. The van der Waals surface area contributed by atoms with E-state index in [1.165, 1.54) is 25.7 Å². The van der Waals surface area contributed by atoms with Gasteiger partial charge in [0.25, 0.3) is 0 Å². The van der Waals surface area contributed by atoms with E-state index in [9.17, 15) is 19.8 Å². The van der Waals surface area contributed by atoms with Crippen LogP contribution in [0.15, 0.2) is 23.8 Å². The lowest BCUT2D eigenvalue weighted by atomic mass is 9.46. The Balaban J connectivity index is 1.61. The molecule has 0 bridgehead atoms. The van der Waals surface area contributed by atoms with E-state index in [0.717, 1.165) is 44.1 Å². The van der Waals surface area contributed by atoms with Gasteiger partial charge in [-0.05, 0) is 55.8 Å². The summed E-state index contributed by atoms with van der Waals surface area (Å²) in [5, 5.41) is 20.9. The van der Waals surface area contributed by atoms with Gasteiger partial charge in [-0.1, -0.05) is 77.5 Å². The molecule has 2 N–H and O–H groups in total. The number of carbonyl (C=O) groups excluding carboxylic acids is 2. The van der Waals surface area contributed by atoms with Crippen molar-refractivity contribution in [3.8, 4) is 0 Å². The molecule has 0 aromatic carbocycles. The topological polar surface area (TPSA) is 93.1 Å². The van der Waals surface area contributed by atoms with Gasteiger partial charge in [-0.25, -0.2) is 4.79 Å². The van der Waals surface area contributed by atoms with Crippen LogP contribution >= 0.6 is 0 Å². The van der Waals surface area contributed by atoms with Crippen LogP contribution in [-0.4, -0.2) is 47.6 Å². The molecule has 1 aliphatic heterocycles. The molecule has 1 saturated heterocycles. The molecule has 2 saturated carbocycles. The number of fused-ring (bicyclic) bond motifs is 1. The average Bonchev–Trinajstić information content (AvgIpc) is 3.19. The van der Waals surface area contributed by atoms with E-state index in [2.05, 4.69) is 20.4 Å². The van der Waals surface area contributed by atoms with Gasteiger partial charge in [-0.3, -0.25) is 4.79 Å². The SMILES string of the molecule is C=C1CC[C@@H]2[C@](C)(CO)[C@H](O)CC[C@@]2(C)[C@@H]1C/C=C1/C(=O)OC[C@H]1OC(=O)CCCCCCCCC. The van der Waals surface area contributed by atoms with Crippen molar-refractivity contribution in [1.29, 1.82) is 0 Å². The van der Waals surface area contributed by atoms with E-state index in [0.29, 0.717) is 24.8 Å². The molecule has 3 rings (SSSR count). The lowest BCUT2D eigenvalue weighted by Crippen LogP contribution is -2.57. The van der Waals surface area contributed by atoms with E-state index < -0.39 is 23.6 Å². The number of ether oxygens (including phenoxy) is 2. The minimum absolute atomic E-state index is 0.0438. The number of hydrogen-bond acceptors (Lipinski definition) is 6. The molecule has 0 radical (unpaired) electrons. The van der Waals surface area contributed by atoms with E-state index in [4.69, 9.17) is 9.47 Å². The molecule has 6 atom stereocenters. The standard InChI is InChI=1S/C30H48O6/c1-5-6-7-8-9-10-11-12-27(33)36-24-19-35-28(34)22(24)14-15-23-21(2)13-16-25-29(23,3)18-17-26(32)30(25,4)20-31/h14,23-26,31-32H,2,5-13,15-20H2,1,3-4H3/b22-14+/t23-,24-,25+,26-,29+,30+/m1/s1. The number of aliphatic hydroxyl groups is 2. The molecule has 0 aromatic rings. The minimum atomic E-state index is -0.647. The van der Waals surface area contributed by atoms with Crippen LogP contribution < -0.4 is 0 Å². The summed E-state index contributed by atoms with van der Waals surface area (Å²) in [6, 6.07) is 0. The smallest absolute Gasteiger partial charge is 0.337 e. The van der Waals surface area contributed by atoms with Crippen LogP contribution in [0.5, 0.6) is 0 Å². The second-order valence-electron chi connectivity index (χ2n) is 11.9. The number of cyclic esters (lactones) is 1. The van der Waals surface area contributed by atoms with E-state index >= 15 is 0 Å². The summed E-state index contributed by atoms with van der Waals surface area (Å²) in [4.78, 5) is 24.9. The van der Waals surface area contributed by atoms with Gasteiger partial charge in [-0.2, -0.15) is 0 Å². The van der Waals surface area contributed by atoms with Crippen LogP contribution in [-0.2, 0) is 19.1 Å². The molecular formula is C30H48O6. The Morgan fingerprint density at radius 2 is 1.86 bits per heavy atom. The van der Waals surface area contributed by atoms with Crippen LogP contribution in [0.1, 0.15) is 104 Å². The first kappa shape index (κ1) is 28.9. The summed E-state index contributed by atoms with van der Waals surface area (Å²) in [7, 11) is 0. The Hall–Kier alpha value is -1.66. The highest BCUT2D eigenvalue weighted by molar-refractivity contribution is 5.92. The summed E-state index contributed by atoms with van der Waals surface area (Å²) in [6.45, 7) is 10.8. The van der Waals surface area contributed by atoms with Gasteiger partial charge in [-0.15, -0.1) is 0 Å². The van der Waals surface area contributed by atoms with Crippen molar-refractivity contribution < 1.29 is 29.3 Å². The third-order valence-corrected chi connectivity index (χ3v) is 9.47. The number of allylic oxidation sites excluding steroid dienone is 2. The largest absolute Gasteiger partial charge is 0.458 e. The Bertz CT molecular complexity index is 818. The Morgan fingerprint density at radius 3 is 2.56 bits per heavy atom. The van der Waals surface area contributed by atoms with Gasteiger partial charge >= 0.3 is 11.9 Å². The van der Waals surface area contributed by atoms with Gasteiger partial charge in [0.1, 0.15) is 6.61 Å². The van der Waals surface area contributed by atoms with E-state index in [-0.39, 0.29) is 36.4 Å². The number of aliphatic hydroxyl groups excluding tert-OH is 2. The molecule has 0 spiro atoms. The molecule has 3 aliphatic rings. The number of rotatable bonds is 12. The van der Waals surface area contributed by atoms with Crippen LogP contribution in [0, 0.1) is 22.7 Å². The first-order valence-electron chi connectivity index (χ1n) is 14.2. The predicted molar refractivity (Wildman–Crippen MR) is 140 cm³/mol. The zero-order valence-electron chi connectivity index (χ0n) is 22.7. The fourth-order valence-electron chi connectivity index (χ4n) is 7.09. The van der Waals surface area contributed by atoms with E-state index in [1.807, 2.05) is 13.0 Å². The molecule has 2 aliphatic carbocycles. The number of carbonyl (C=O) groups is 2. The van der Waals surface area contributed by atoms with Crippen LogP contribution in [0.3, 0.4) is 0 Å². The van der Waals surface area contributed by atoms with Crippen molar-refractivity contribution in [3.05, 3.63) is 23.8 Å².